The van der Waals surface area contributed by atoms with E-state index in [1.54, 1.807) is 17.0 Å². The summed E-state index contributed by atoms with van der Waals surface area (Å²) in [6, 6.07) is 5.76. The summed E-state index contributed by atoms with van der Waals surface area (Å²) in [7, 11) is 0. The van der Waals surface area contributed by atoms with Gasteiger partial charge in [0.05, 0.1) is 13.2 Å². The molecule has 1 aromatic rings. The van der Waals surface area contributed by atoms with Crippen LogP contribution in [-0.2, 0) is 14.3 Å². The molecule has 1 atom stereocenters. The van der Waals surface area contributed by atoms with E-state index in [0.717, 1.165) is 32.8 Å². The largest absolute Gasteiger partial charge is 0.379 e. The zero-order valence-electron chi connectivity index (χ0n) is 13.5. The number of ether oxygens (including phenoxy) is 1. The van der Waals surface area contributed by atoms with Gasteiger partial charge in [-0.15, -0.1) is 0 Å². The van der Waals surface area contributed by atoms with Crippen molar-refractivity contribution in [3.63, 3.8) is 0 Å². The van der Waals surface area contributed by atoms with E-state index in [4.69, 9.17) is 4.74 Å². The molecule has 2 aliphatic rings. The SMILES string of the molecule is O=C(NCCN1CCOCC1)[C@@H]1CCN(c2ccc(F)cc2)C1=O. The fourth-order valence-corrected chi connectivity index (χ4v) is 3.09. The van der Waals surface area contributed by atoms with Crippen molar-refractivity contribution in [3.05, 3.63) is 30.1 Å². The number of hydrogen-bond acceptors (Lipinski definition) is 4. The molecule has 0 saturated carbocycles. The summed E-state index contributed by atoms with van der Waals surface area (Å²) < 4.78 is 18.3. The number of carbonyl (C=O) groups is 2. The average molecular weight is 335 g/mol. The first-order valence-corrected chi connectivity index (χ1v) is 8.30. The Kier molecular flexibility index (Phi) is 5.42. The quantitative estimate of drug-likeness (QED) is 0.802. The summed E-state index contributed by atoms with van der Waals surface area (Å²) in [6.07, 6.45) is 0.486. The van der Waals surface area contributed by atoms with E-state index in [0.29, 0.717) is 25.2 Å². The number of hydrogen-bond donors (Lipinski definition) is 1. The van der Waals surface area contributed by atoms with Crippen LogP contribution in [0.15, 0.2) is 24.3 Å². The highest BCUT2D eigenvalue weighted by atomic mass is 19.1. The highest BCUT2D eigenvalue weighted by Crippen LogP contribution is 2.25. The van der Waals surface area contributed by atoms with Crippen LogP contribution in [0.25, 0.3) is 0 Å². The van der Waals surface area contributed by atoms with Crippen LogP contribution in [0.5, 0.6) is 0 Å². The van der Waals surface area contributed by atoms with Gasteiger partial charge in [-0.2, -0.15) is 0 Å². The van der Waals surface area contributed by atoms with Crippen LogP contribution >= 0.6 is 0 Å². The first-order valence-electron chi connectivity index (χ1n) is 8.30. The van der Waals surface area contributed by atoms with E-state index in [1.807, 2.05) is 0 Å². The Hall–Kier alpha value is -1.99. The Morgan fingerprint density at radius 1 is 1.21 bits per heavy atom. The monoisotopic (exact) mass is 335 g/mol. The van der Waals surface area contributed by atoms with Gasteiger partial charge in [0, 0.05) is 38.4 Å². The minimum Gasteiger partial charge on any atom is -0.379 e. The zero-order valence-corrected chi connectivity index (χ0v) is 13.5. The molecule has 24 heavy (non-hydrogen) atoms. The van der Waals surface area contributed by atoms with Gasteiger partial charge in [-0.3, -0.25) is 14.5 Å². The number of carbonyl (C=O) groups excluding carboxylic acids is 2. The third-order valence-corrected chi connectivity index (χ3v) is 4.49. The van der Waals surface area contributed by atoms with Crippen LogP contribution in [0.4, 0.5) is 10.1 Å². The van der Waals surface area contributed by atoms with E-state index in [1.165, 1.54) is 12.1 Å². The van der Waals surface area contributed by atoms with E-state index < -0.39 is 5.92 Å². The molecule has 2 amide bonds. The molecule has 2 heterocycles. The predicted octanol–water partition coefficient (Wildman–Crippen LogP) is 0.627. The van der Waals surface area contributed by atoms with Crippen molar-refractivity contribution in [1.82, 2.24) is 10.2 Å². The number of amides is 2. The molecule has 2 fully saturated rings. The topological polar surface area (TPSA) is 61.9 Å². The van der Waals surface area contributed by atoms with Crippen molar-refractivity contribution in [1.29, 1.82) is 0 Å². The molecule has 2 aliphatic heterocycles. The number of nitrogens with zero attached hydrogens (tertiary/aromatic N) is 2. The third kappa shape index (κ3) is 3.91. The van der Waals surface area contributed by atoms with E-state index in [2.05, 4.69) is 10.2 Å². The lowest BCUT2D eigenvalue weighted by atomic mass is 10.1. The number of halogens is 1. The second-order valence-electron chi connectivity index (χ2n) is 6.05. The lowest BCUT2D eigenvalue weighted by molar-refractivity contribution is -0.132. The summed E-state index contributed by atoms with van der Waals surface area (Å²) in [5.74, 6) is -1.44. The van der Waals surface area contributed by atoms with Crippen LogP contribution in [0, 0.1) is 11.7 Å². The van der Waals surface area contributed by atoms with Gasteiger partial charge in [0.25, 0.3) is 0 Å². The number of morpholine rings is 1. The lowest BCUT2D eigenvalue weighted by Crippen LogP contribution is -2.43. The van der Waals surface area contributed by atoms with Gasteiger partial charge in [-0.05, 0) is 30.7 Å². The van der Waals surface area contributed by atoms with Gasteiger partial charge < -0.3 is 15.0 Å². The Bertz CT molecular complexity index is 587. The third-order valence-electron chi connectivity index (χ3n) is 4.49. The van der Waals surface area contributed by atoms with Crippen LogP contribution in [0.1, 0.15) is 6.42 Å². The normalized spacial score (nSPS) is 22.0. The molecule has 0 unspecified atom stereocenters. The molecule has 0 spiro atoms. The zero-order chi connectivity index (χ0) is 16.9. The second kappa shape index (κ2) is 7.72. The summed E-state index contributed by atoms with van der Waals surface area (Å²) in [4.78, 5) is 28.5. The van der Waals surface area contributed by atoms with Crippen molar-refractivity contribution < 1.29 is 18.7 Å². The van der Waals surface area contributed by atoms with Gasteiger partial charge in [0.15, 0.2) is 0 Å². The number of anilines is 1. The Morgan fingerprint density at radius 3 is 2.62 bits per heavy atom. The van der Waals surface area contributed by atoms with E-state index >= 15 is 0 Å². The average Bonchev–Trinajstić information content (AvgIpc) is 2.98. The fraction of sp³-hybridized carbons (Fsp3) is 0.529. The molecule has 0 aromatic heterocycles. The first kappa shape index (κ1) is 16.9. The van der Waals surface area contributed by atoms with Crippen molar-refractivity contribution >= 4 is 17.5 Å². The predicted molar refractivity (Wildman–Crippen MR) is 87.1 cm³/mol. The van der Waals surface area contributed by atoms with Crippen molar-refractivity contribution in [2.24, 2.45) is 5.92 Å². The Morgan fingerprint density at radius 2 is 1.92 bits per heavy atom. The maximum atomic E-state index is 13.0. The van der Waals surface area contributed by atoms with Gasteiger partial charge >= 0.3 is 0 Å². The highest BCUT2D eigenvalue weighted by Gasteiger charge is 2.37. The molecule has 3 rings (SSSR count). The van der Waals surface area contributed by atoms with E-state index in [9.17, 15) is 14.0 Å². The molecule has 0 bridgehead atoms. The molecule has 1 aromatic carbocycles. The van der Waals surface area contributed by atoms with Crippen molar-refractivity contribution in [3.8, 4) is 0 Å². The molecule has 0 radical (unpaired) electrons. The minimum absolute atomic E-state index is 0.217. The highest BCUT2D eigenvalue weighted by molar-refractivity contribution is 6.09. The molecule has 7 heteroatoms. The lowest BCUT2D eigenvalue weighted by Gasteiger charge is -2.26. The fourth-order valence-electron chi connectivity index (χ4n) is 3.09. The van der Waals surface area contributed by atoms with Crippen molar-refractivity contribution in [2.75, 3.05) is 50.8 Å². The van der Waals surface area contributed by atoms with Gasteiger partial charge in [0.1, 0.15) is 11.7 Å². The van der Waals surface area contributed by atoms with E-state index in [-0.39, 0.29) is 17.6 Å². The molecule has 1 N–H and O–H groups in total. The second-order valence-corrected chi connectivity index (χ2v) is 6.05. The number of benzene rings is 1. The van der Waals surface area contributed by atoms with Crippen molar-refractivity contribution in [2.45, 2.75) is 6.42 Å². The molecular formula is C17H22FN3O3. The Balaban J connectivity index is 1.49. The maximum Gasteiger partial charge on any atom is 0.239 e. The summed E-state index contributed by atoms with van der Waals surface area (Å²) in [6.45, 7) is 4.96. The van der Waals surface area contributed by atoms with Crippen LogP contribution in [-0.4, -0.2) is 62.7 Å². The van der Waals surface area contributed by atoms with Gasteiger partial charge in [-0.1, -0.05) is 0 Å². The molecule has 2 saturated heterocycles. The Labute approximate surface area is 140 Å². The van der Waals surface area contributed by atoms with Gasteiger partial charge in [0.2, 0.25) is 11.8 Å². The summed E-state index contributed by atoms with van der Waals surface area (Å²) >= 11 is 0. The smallest absolute Gasteiger partial charge is 0.239 e. The number of nitrogens with one attached hydrogen (secondary N) is 1. The summed E-state index contributed by atoms with van der Waals surface area (Å²) in [5.41, 5.74) is 0.630. The maximum absolute atomic E-state index is 13.0. The van der Waals surface area contributed by atoms with Crippen LogP contribution < -0.4 is 10.2 Å². The molecule has 130 valence electrons. The van der Waals surface area contributed by atoms with Crippen LogP contribution in [0.3, 0.4) is 0 Å². The van der Waals surface area contributed by atoms with Crippen LogP contribution in [0.2, 0.25) is 0 Å². The molecule has 6 nitrogen and oxygen atoms in total. The molecule has 0 aliphatic carbocycles. The number of rotatable bonds is 5. The van der Waals surface area contributed by atoms with Gasteiger partial charge in [-0.25, -0.2) is 4.39 Å². The summed E-state index contributed by atoms with van der Waals surface area (Å²) in [5, 5.41) is 2.85. The first-order chi connectivity index (χ1) is 11.6. The standard InChI is InChI=1S/C17H22FN3O3/c18-13-1-3-14(4-2-13)21-7-5-15(17(21)23)16(22)19-6-8-20-9-11-24-12-10-20/h1-4,15H,5-12H2,(H,19,22)/t15-/m0/s1. The molecular weight excluding hydrogens is 313 g/mol. The minimum atomic E-state index is -0.653.